The summed E-state index contributed by atoms with van der Waals surface area (Å²) in [6.45, 7) is 4.32. The summed E-state index contributed by atoms with van der Waals surface area (Å²) in [5.74, 6) is -1.41. The molecule has 192 valence electrons. The minimum absolute atomic E-state index is 0.00586. The molecule has 0 radical (unpaired) electrons. The zero-order valence-electron chi connectivity index (χ0n) is 20.6. The fourth-order valence-corrected chi connectivity index (χ4v) is 6.02. The van der Waals surface area contributed by atoms with Crippen LogP contribution < -0.4 is 14.4 Å². The first-order valence-electron chi connectivity index (χ1n) is 12.2. The zero-order valence-corrected chi connectivity index (χ0v) is 21.4. The van der Waals surface area contributed by atoms with Gasteiger partial charge in [0.1, 0.15) is 35.2 Å². The molecule has 3 aromatic carbocycles. The van der Waals surface area contributed by atoms with E-state index in [1.165, 1.54) is 34.4 Å². The summed E-state index contributed by atoms with van der Waals surface area (Å²) in [5, 5.41) is 11.6. The van der Waals surface area contributed by atoms with Gasteiger partial charge in [-0.05, 0) is 61.9 Å². The van der Waals surface area contributed by atoms with Crippen molar-refractivity contribution in [3.63, 3.8) is 0 Å². The Morgan fingerprint density at radius 1 is 1.18 bits per heavy atom. The number of halogens is 1. The van der Waals surface area contributed by atoms with Crippen LogP contribution in [0.25, 0.3) is 16.0 Å². The van der Waals surface area contributed by atoms with E-state index in [1.807, 2.05) is 19.9 Å². The molecule has 0 aliphatic carbocycles. The molecule has 1 saturated heterocycles. The average molecular weight is 531 g/mol. The van der Waals surface area contributed by atoms with Gasteiger partial charge in [0.2, 0.25) is 0 Å². The second-order valence-corrected chi connectivity index (χ2v) is 10.2. The van der Waals surface area contributed by atoms with E-state index in [-0.39, 0.29) is 28.1 Å². The van der Waals surface area contributed by atoms with Crippen molar-refractivity contribution in [2.75, 3.05) is 11.5 Å². The smallest absolute Gasteiger partial charge is 0.301 e. The predicted octanol–water partition coefficient (Wildman–Crippen LogP) is 5.78. The Balaban J connectivity index is 1.52. The third kappa shape index (κ3) is 3.90. The van der Waals surface area contributed by atoms with E-state index in [1.54, 1.807) is 36.4 Å². The van der Waals surface area contributed by atoms with Crippen LogP contribution in [0.15, 0.2) is 66.2 Å². The largest absolute Gasteiger partial charge is 0.507 e. The Bertz CT molecular complexity index is 1650. The molecule has 2 aliphatic rings. The van der Waals surface area contributed by atoms with Crippen LogP contribution in [-0.4, -0.2) is 34.5 Å². The number of carbonyl (C=O) groups excluding carboxylic acids is 2. The molecule has 1 aromatic heterocycles. The average Bonchev–Trinajstić information content (AvgIpc) is 3.56. The van der Waals surface area contributed by atoms with Gasteiger partial charge in [-0.3, -0.25) is 14.5 Å². The summed E-state index contributed by atoms with van der Waals surface area (Å²) >= 11 is 1.19. The predicted molar refractivity (Wildman–Crippen MR) is 142 cm³/mol. The summed E-state index contributed by atoms with van der Waals surface area (Å²) in [6.07, 6.45) is 0.644. The first kappa shape index (κ1) is 24.1. The number of aliphatic hydroxyl groups excluding tert-OH is 1. The molecule has 3 heterocycles. The molecular formula is C29H23FN2O5S. The quantitative estimate of drug-likeness (QED) is 0.200. The van der Waals surface area contributed by atoms with Crippen LogP contribution in [0.5, 0.6) is 11.5 Å². The molecule has 0 unspecified atom stereocenters. The van der Waals surface area contributed by atoms with E-state index in [4.69, 9.17) is 9.47 Å². The highest BCUT2D eigenvalue weighted by Gasteiger charge is 2.49. The van der Waals surface area contributed by atoms with E-state index in [0.29, 0.717) is 35.6 Å². The SMILES string of the molecule is CCOc1ccc2nc(N3C(=O)C(=O)C(=C(O)c4ccc5c(c4)C[C@@H](C)O5)[C@H]3c3ccccc3F)sc2c1. The summed E-state index contributed by atoms with van der Waals surface area (Å²) < 4.78 is 27.2. The molecule has 2 atom stereocenters. The number of ether oxygens (including phenoxy) is 2. The Kier molecular flexibility index (Phi) is 5.87. The number of benzene rings is 3. The van der Waals surface area contributed by atoms with Gasteiger partial charge in [0.05, 0.1) is 22.4 Å². The lowest BCUT2D eigenvalue weighted by molar-refractivity contribution is -0.132. The monoisotopic (exact) mass is 530 g/mol. The molecule has 9 heteroatoms. The Morgan fingerprint density at radius 2 is 2.00 bits per heavy atom. The van der Waals surface area contributed by atoms with Gasteiger partial charge in [0.15, 0.2) is 5.13 Å². The third-order valence-electron chi connectivity index (χ3n) is 6.68. The molecule has 38 heavy (non-hydrogen) atoms. The third-order valence-corrected chi connectivity index (χ3v) is 7.70. The highest BCUT2D eigenvalue weighted by atomic mass is 32.1. The van der Waals surface area contributed by atoms with Crippen molar-refractivity contribution < 1.29 is 28.6 Å². The van der Waals surface area contributed by atoms with Crippen LogP contribution in [-0.2, 0) is 16.0 Å². The zero-order chi connectivity index (χ0) is 26.6. The minimum Gasteiger partial charge on any atom is -0.507 e. The lowest BCUT2D eigenvalue weighted by Crippen LogP contribution is -2.29. The lowest BCUT2D eigenvalue weighted by Gasteiger charge is -2.23. The number of rotatable bonds is 5. The van der Waals surface area contributed by atoms with Gasteiger partial charge in [0, 0.05) is 17.5 Å². The number of hydrogen-bond acceptors (Lipinski definition) is 7. The number of aromatic nitrogens is 1. The summed E-state index contributed by atoms with van der Waals surface area (Å²) in [4.78, 5) is 32.7. The van der Waals surface area contributed by atoms with Crippen LogP contribution in [0.1, 0.15) is 36.6 Å². The Morgan fingerprint density at radius 3 is 2.79 bits per heavy atom. The van der Waals surface area contributed by atoms with Gasteiger partial charge in [-0.1, -0.05) is 29.5 Å². The number of Topliss-reactive ketones (excluding diaryl/α,β-unsaturated/α-hetero) is 1. The Labute approximate surface area is 221 Å². The molecule has 1 amide bonds. The standard InChI is InChI=1S/C29H23FN2O5S/c1-3-36-18-9-10-21-23(14-18)38-29(31-21)32-25(19-6-4-5-7-20(19)30)24(27(34)28(32)35)26(33)16-8-11-22-17(13-16)12-15(2)37-22/h4-11,13-15,25,33H,3,12H2,1-2H3/t15-,25-/m1/s1. The van der Waals surface area contributed by atoms with Gasteiger partial charge in [0.25, 0.3) is 5.78 Å². The van der Waals surface area contributed by atoms with Crippen molar-refractivity contribution in [3.05, 3.63) is 88.7 Å². The van der Waals surface area contributed by atoms with E-state index in [9.17, 15) is 14.7 Å². The number of anilines is 1. The second-order valence-electron chi connectivity index (χ2n) is 9.20. The molecular weight excluding hydrogens is 507 g/mol. The van der Waals surface area contributed by atoms with Crippen molar-refractivity contribution >= 4 is 44.1 Å². The number of amides is 1. The number of aliphatic hydroxyl groups is 1. The number of thiazole rings is 1. The highest BCUT2D eigenvalue weighted by molar-refractivity contribution is 7.22. The molecule has 0 bridgehead atoms. The van der Waals surface area contributed by atoms with Crippen LogP contribution >= 0.6 is 11.3 Å². The Hall–Kier alpha value is -4.24. The molecule has 6 rings (SSSR count). The van der Waals surface area contributed by atoms with Crippen molar-refractivity contribution in [2.45, 2.75) is 32.4 Å². The summed E-state index contributed by atoms with van der Waals surface area (Å²) in [5.41, 5.74) is 1.73. The van der Waals surface area contributed by atoms with E-state index >= 15 is 4.39 Å². The number of fused-ring (bicyclic) bond motifs is 2. The maximum Gasteiger partial charge on any atom is 0.301 e. The summed E-state index contributed by atoms with van der Waals surface area (Å²) in [6, 6.07) is 15.2. The molecule has 0 saturated carbocycles. The van der Waals surface area contributed by atoms with Crippen molar-refractivity contribution in [2.24, 2.45) is 0 Å². The van der Waals surface area contributed by atoms with Crippen LogP contribution in [0.4, 0.5) is 9.52 Å². The number of ketones is 1. The topological polar surface area (TPSA) is 89.0 Å². The summed E-state index contributed by atoms with van der Waals surface area (Å²) in [7, 11) is 0. The lowest BCUT2D eigenvalue weighted by atomic mass is 9.94. The fraction of sp³-hybridized carbons (Fsp3) is 0.207. The van der Waals surface area contributed by atoms with E-state index in [2.05, 4.69) is 4.98 Å². The number of hydrogen-bond donors (Lipinski definition) is 1. The van der Waals surface area contributed by atoms with Gasteiger partial charge in [-0.2, -0.15) is 0 Å². The maximum atomic E-state index is 15.2. The molecule has 2 aliphatic heterocycles. The van der Waals surface area contributed by atoms with E-state index < -0.39 is 23.5 Å². The second kappa shape index (κ2) is 9.25. The van der Waals surface area contributed by atoms with Crippen LogP contribution in [0.3, 0.4) is 0 Å². The van der Waals surface area contributed by atoms with Gasteiger partial charge < -0.3 is 14.6 Å². The van der Waals surface area contributed by atoms with Crippen molar-refractivity contribution in [1.82, 2.24) is 4.98 Å². The molecule has 4 aromatic rings. The van der Waals surface area contributed by atoms with Crippen molar-refractivity contribution in [1.29, 1.82) is 0 Å². The minimum atomic E-state index is -1.20. The van der Waals surface area contributed by atoms with Crippen LogP contribution in [0.2, 0.25) is 0 Å². The molecule has 0 spiro atoms. The number of nitrogens with zero attached hydrogens (tertiary/aromatic N) is 2. The fourth-order valence-electron chi connectivity index (χ4n) is 5.00. The first-order valence-corrected chi connectivity index (χ1v) is 13.1. The number of carbonyl (C=O) groups is 2. The van der Waals surface area contributed by atoms with Gasteiger partial charge in [-0.25, -0.2) is 9.37 Å². The van der Waals surface area contributed by atoms with Crippen molar-refractivity contribution in [3.8, 4) is 11.5 Å². The molecule has 7 nitrogen and oxygen atoms in total. The normalized spacial score (nSPS) is 20.1. The molecule has 1 N–H and O–H groups in total. The van der Waals surface area contributed by atoms with Gasteiger partial charge >= 0.3 is 5.91 Å². The first-order chi connectivity index (χ1) is 18.4. The van der Waals surface area contributed by atoms with Crippen LogP contribution in [0, 0.1) is 5.82 Å². The maximum absolute atomic E-state index is 15.2. The van der Waals surface area contributed by atoms with Gasteiger partial charge in [-0.15, -0.1) is 0 Å². The highest BCUT2D eigenvalue weighted by Crippen LogP contribution is 2.45. The molecule has 1 fully saturated rings. The van der Waals surface area contributed by atoms with E-state index in [0.717, 1.165) is 10.3 Å².